The Morgan fingerprint density at radius 3 is 3.10 bits per heavy atom. The molecular formula is C16H18N2O2. The second kappa shape index (κ2) is 5.59. The fraction of sp³-hybridized carbons (Fsp3) is 0.375. The molecule has 0 spiro atoms. The van der Waals surface area contributed by atoms with E-state index in [1.807, 2.05) is 30.3 Å². The van der Waals surface area contributed by atoms with E-state index in [9.17, 15) is 4.79 Å². The molecule has 1 aliphatic rings. The van der Waals surface area contributed by atoms with E-state index in [0.717, 1.165) is 36.0 Å². The molecule has 0 N–H and O–H groups in total. The van der Waals surface area contributed by atoms with Gasteiger partial charge in [0, 0.05) is 11.9 Å². The molecule has 20 heavy (non-hydrogen) atoms. The van der Waals surface area contributed by atoms with Crippen molar-refractivity contribution < 1.29 is 9.53 Å². The van der Waals surface area contributed by atoms with Crippen LogP contribution in [0.4, 0.5) is 5.82 Å². The molecule has 4 nitrogen and oxygen atoms in total. The zero-order chi connectivity index (χ0) is 13.9. The van der Waals surface area contributed by atoms with Crippen molar-refractivity contribution in [2.75, 3.05) is 24.7 Å². The number of aromatic nitrogens is 1. The maximum absolute atomic E-state index is 11.4. The monoisotopic (exact) mass is 270 g/mol. The van der Waals surface area contributed by atoms with E-state index >= 15 is 0 Å². The summed E-state index contributed by atoms with van der Waals surface area (Å²) < 4.78 is 5.53. The van der Waals surface area contributed by atoms with Crippen LogP contribution in [0.25, 0.3) is 10.9 Å². The number of morpholine rings is 1. The lowest BCUT2D eigenvalue weighted by Gasteiger charge is -2.36. The van der Waals surface area contributed by atoms with Gasteiger partial charge < -0.3 is 9.64 Å². The minimum Gasteiger partial charge on any atom is -0.377 e. The Morgan fingerprint density at radius 2 is 2.30 bits per heavy atom. The van der Waals surface area contributed by atoms with Crippen LogP contribution in [0.1, 0.15) is 23.7 Å². The number of pyridine rings is 1. The minimum absolute atomic E-state index is 0.288. The summed E-state index contributed by atoms with van der Waals surface area (Å²) in [5, 5.41) is 1.000. The first-order valence-corrected chi connectivity index (χ1v) is 7.03. The predicted octanol–water partition coefficient (Wildman–Crippen LogP) is 2.66. The fourth-order valence-corrected chi connectivity index (χ4v) is 2.71. The van der Waals surface area contributed by atoms with Crippen molar-refractivity contribution in [1.82, 2.24) is 4.98 Å². The first-order valence-electron chi connectivity index (χ1n) is 7.03. The maximum atomic E-state index is 11.4. The standard InChI is InChI=1S/C16H18N2O2/c1-2-14-11-20-8-7-18(14)16-13(10-19)9-12-5-3-4-6-15(12)17-16/h3-6,9-10,14H,2,7-8,11H2,1H3. The van der Waals surface area contributed by atoms with Crippen LogP contribution >= 0.6 is 0 Å². The van der Waals surface area contributed by atoms with Crippen molar-refractivity contribution in [2.24, 2.45) is 0 Å². The number of para-hydroxylation sites is 1. The summed E-state index contributed by atoms with van der Waals surface area (Å²) in [5.41, 5.74) is 1.58. The van der Waals surface area contributed by atoms with Gasteiger partial charge in [-0.1, -0.05) is 25.1 Å². The Labute approximate surface area is 118 Å². The lowest BCUT2D eigenvalue weighted by molar-refractivity contribution is 0.0923. The van der Waals surface area contributed by atoms with Crippen molar-refractivity contribution in [3.05, 3.63) is 35.9 Å². The molecular weight excluding hydrogens is 252 g/mol. The summed E-state index contributed by atoms with van der Waals surface area (Å²) in [4.78, 5) is 18.3. The maximum Gasteiger partial charge on any atom is 0.153 e. The zero-order valence-electron chi connectivity index (χ0n) is 11.6. The second-order valence-electron chi connectivity index (χ2n) is 5.04. The first-order chi connectivity index (χ1) is 9.83. The van der Waals surface area contributed by atoms with Crippen LogP contribution in [0.5, 0.6) is 0 Å². The van der Waals surface area contributed by atoms with Gasteiger partial charge in [-0.05, 0) is 18.6 Å². The normalized spacial score (nSPS) is 19.2. The topological polar surface area (TPSA) is 42.4 Å². The number of rotatable bonds is 3. The van der Waals surface area contributed by atoms with Crippen molar-refractivity contribution in [3.8, 4) is 0 Å². The highest BCUT2D eigenvalue weighted by molar-refractivity contribution is 5.91. The van der Waals surface area contributed by atoms with Crippen LogP contribution in [-0.4, -0.2) is 37.1 Å². The number of ether oxygens (including phenoxy) is 1. The third-order valence-corrected chi connectivity index (χ3v) is 3.83. The highest BCUT2D eigenvalue weighted by atomic mass is 16.5. The molecule has 2 heterocycles. The van der Waals surface area contributed by atoms with Gasteiger partial charge in [0.2, 0.25) is 0 Å². The summed E-state index contributed by atoms with van der Waals surface area (Å²) in [6, 6.07) is 10.1. The molecule has 1 fully saturated rings. The summed E-state index contributed by atoms with van der Waals surface area (Å²) in [5.74, 6) is 0.786. The zero-order valence-corrected chi connectivity index (χ0v) is 11.6. The summed E-state index contributed by atoms with van der Waals surface area (Å²) >= 11 is 0. The molecule has 0 aliphatic carbocycles. The van der Waals surface area contributed by atoms with E-state index in [0.29, 0.717) is 18.8 Å². The van der Waals surface area contributed by atoms with Gasteiger partial charge in [-0.2, -0.15) is 0 Å². The molecule has 4 heteroatoms. The number of hydrogen-bond donors (Lipinski definition) is 0. The molecule has 1 aromatic carbocycles. The van der Waals surface area contributed by atoms with Crippen molar-refractivity contribution in [2.45, 2.75) is 19.4 Å². The summed E-state index contributed by atoms with van der Waals surface area (Å²) in [6.45, 7) is 4.30. The molecule has 1 aliphatic heterocycles. The fourth-order valence-electron chi connectivity index (χ4n) is 2.71. The Hall–Kier alpha value is -1.94. The molecule has 1 atom stereocenters. The van der Waals surface area contributed by atoms with Crippen LogP contribution in [0.2, 0.25) is 0 Å². The number of benzene rings is 1. The Kier molecular flexibility index (Phi) is 3.65. The third-order valence-electron chi connectivity index (χ3n) is 3.83. The molecule has 1 unspecified atom stereocenters. The van der Waals surface area contributed by atoms with Gasteiger partial charge in [0.05, 0.1) is 30.3 Å². The lowest BCUT2D eigenvalue weighted by Crippen LogP contribution is -2.46. The van der Waals surface area contributed by atoms with Gasteiger partial charge in [-0.25, -0.2) is 4.98 Å². The molecule has 1 saturated heterocycles. The van der Waals surface area contributed by atoms with Crippen LogP contribution in [0.3, 0.4) is 0 Å². The molecule has 3 rings (SSSR count). The van der Waals surface area contributed by atoms with Gasteiger partial charge in [0.25, 0.3) is 0 Å². The van der Waals surface area contributed by atoms with Gasteiger partial charge in [-0.15, -0.1) is 0 Å². The average Bonchev–Trinajstić information content (AvgIpc) is 2.53. The van der Waals surface area contributed by atoms with E-state index in [1.54, 1.807) is 0 Å². The Morgan fingerprint density at radius 1 is 1.45 bits per heavy atom. The molecule has 1 aromatic heterocycles. The number of carbonyl (C=O) groups excluding carboxylic acids is 1. The van der Waals surface area contributed by atoms with Crippen molar-refractivity contribution in [1.29, 1.82) is 0 Å². The highest BCUT2D eigenvalue weighted by Crippen LogP contribution is 2.26. The number of anilines is 1. The molecule has 0 amide bonds. The van der Waals surface area contributed by atoms with Crippen LogP contribution in [0.15, 0.2) is 30.3 Å². The minimum atomic E-state index is 0.288. The van der Waals surface area contributed by atoms with Gasteiger partial charge in [0.15, 0.2) is 6.29 Å². The van der Waals surface area contributed by atoms with Gasteiger partial charge >= 0.3 is 0 Å². The van der Waals surface area contributed by atoms with E-state index in [-0.39, 0.29) is 6.04 Å². The molecule has 0 bridgehead atoms. The average molecular weight is 270 g/mol. The second-order valence-corrected chi connectivity index (χ2v) is 5.04. The highest BCUT2D eigenvalue weighted by Gasteiger charge is 2.25. The summed E-state index contributed by atoms with van der Waals surface area (Å²) in [6.07, 6.45) is 1.88. The van der Waals surface area contributed by atoms with E-state index < -0.39 is 0 Å². The Balaban J connectivity index is 2.10. The predicted molar refractivity (Wildman–Crippen MR) is 79.4 cm³/mol. The van der Waals surface area contributed by atoms with E-state index in [4.69, 9.17) is 9.72 Å². The van der Waals surface area contributed by atoms with Gasteiger partial charge in [-0.3, -0.25) is 4.79 Å². The third kappa shape index (κ3) is 2.27. The number of nitrogens with zero attached hydrogens (tertiary/aromatic N) is 2. The van der Waals surface area contributed by atoms with Crippen LogP contribution in [0, 0.1) is 0 Å². The van der Waals surface area contributed by atoms with Gasteiger partial charge in [0.1, 0.15) is 5.82 Å². The smallest absolute Gasteiger partial charge is 0.153 e. The number of carbonyl (C=O) groups is 1. The largest absolute Gasteiger partial charge is 0.377 e. The molecule has 104 valence electrons. The first kappa shape index (κ1) is 13.1. The molecule has 2 aromatic rings. The van der Waals surface area contributed by atoms with Crippen molar-refractivity contribution in [3.63, 3.8) is 0 Å². The van der Waals surface area contributed by atoms with Crippen LogP contribution in [-0.2, 0) is 4.74 Å². The summed E-state index contributed by atoms with van der Waals surface area (Å²) in [7, 11) is 0. The molecule has 0 radical (unpaired) electrons. The Bertz CT molecular complexity index is 627. The van der Waals surface area contributed by atoms with Crippen LogP contribution < -0.4 is 4.90 Å². The SMILES string of the molecule is CCC1COCCN1c1nc2ccccc2cc1C=O. The molecule has 0 saturated carbocycles. The van der Waals surface area contributed by atoms with Crippen molar-refractivity contribution >= 4 is 23.0 Å². The number of aldehydes is 1. The lowest BCUT2D eigenvalue weighted by atomic mass is 10.1. The number of fused-ring (bicyclic) bond motifs is 1. The van der Waals surface area contributed by atoms with E-state index in [2.05, 4.69) is 11.8 Å². The quantitative estimate of drug-likeness (QED) is 0.804. The van der Waals surface area contributed by atoms with E-state index in [1.165, 1.54) is 0 Å². The number of hydrogen-bond acceptors (Lipinski definition) is 4.